The van der Waals surface area contributed by atoms with Gasteiger partial charge in [0.25, 0.3) is 0 Å². The zero-order chi connectivity index (χ0) is 28.0. The van der Waals surface area contributed by atoms with Crippen molar-refractivity contribution in [2.75, 3.05) is 6.61 Å². The average molecular weight is 528 g/mol. The van der Waals surface area contributed by atoms with Crippen molar-refractivity contribution in [3.63, 3.8) is 0 Å². The molecule has 0 aliphatic carbocycles. The molecule has 0 aliphatic heterocycles. The average Bonchev–Trinajstić information content (AvgIpc) is 2.71. The molecular weight excluding hydrogens is 466 g/mol. The zero-order valence-electron chi connectivity index (χ0n) is 26.1. The van der Waals surface area contributed by atoms with E-state index in [0.717, 1.165) is 19.4 Å². The molecule has 1 amide bonds. The molecule has 4 nitrogen and oxygen atoms in total. The summed E-state index contributed by atoms with van der Waals surface area (Å²) in [6.45, 7) is 38.3. The zero-order valence-corrected chi connectivity index (χ0v) is 28.1. The molecule has 0 radical (unpaired) electrons. The van der Waals surface area contributed by atoms with Gasteiger partial charge in [-0.05, 0) is 66.9 Å². The summed E-state index contributed by atoms with van der Waals surface area (Å²) >= 11 is 0. The van der Waals surface area contributed by atoms with Crippen LogP contribution in [0.25, 0.3) is 0 Å². The number of amides is 1. The van der Waals surface area contributed by atoms with E-state index >= 15 is 0 Å². The van der Waals surface area contributed by atoms with Gasteiger partial charge < -0.3 is 14.2 Å². The van der Waals surface area contributed by atoms with Crippen molar-refractivity contribution in [3.05, 3.63) is 12.7 Å². The predicted octanol–water partition coefficient (Wildman–Crippen LogP) is 8.41. The molecule has 0 saturated carbocycles. The number of rotatable bonds is 14. The summed E-state index contributed by atoms with van der Waals surface area (Å²) in [5.74, 6) is 0.759. The maximum atomic E-state index is 13.4. The Balaban J connectivity index is 5.69. The largest absolute Gasteiger partial charge is 0.417 e. The van der Waals surface area contributed by atoms with Crippen LogP contribution in [0.5, 0.6) is 0 Å². The first-order valence-corrected chi connectivity index (χ1v) is 19.7. The smallest absolute Gasteiger partial charge is 0.225 e. The van der Waals surface area contributed by atoms with Crippen molar-refractivity contribution in [3.8, 4) is 0 Å². The van der Waals surface area contributed by atoms with Crippen molar-refractivity contribution in [2.24, 2.45) is 23.7 Å². The van der Waals surface area contributed by atoms with Crippen LogP contribution in [0.1, 0.15) is 89.0 Å². The summed E-state index contributed by atoms with van der Waals surface area (Å²) in [5.41, 5.74) is 0. The van der Waals surface area contributed by atoms with Gasteiger partial charge in [0.05, 0.1) is 12.0 Å². The van der Waals surface area contributed by atoms with E-state index in [-0.39, 0.29) is 45.9 Å². The molecule has 0 saturated heterocycles. The number of carbonyl (C=O) groups is 1. The monoisotopic (exact) mass is 527 g/mol. The highest BCUT2D eigenvalue weighted by atomic mass is 28.4. The molecule has 35 heavy (non-hydrogen) atoms. The SMILES string of the molecule is C=C[C@@H](C)[C@@H](CC)NC(=O)[C@H](C)[C@@H](O[Si](C)(C)C(C)(C)C)[C@@H](C)C[C@@H](C)CO[Si](C)(C)C(C)(C)C. The van der Waals surface area contributed by atoms with Gasteiger partial charge in [-0.15, -0.1) is 6.58 Å². The highest BCUT2D eigenvalue weighted by molar-refractivity contribution is 6.74. The molecule has 0 aromatic rings. The topological polar surface area (TPSA) is 47.6 Å². The van der Waals surface area contributed by atoms with Crippen LogP contribution in [-0.4, -0.2) is 41.3 Å². The minimum atomic E-state index is -2.06. The van der Waals surface area contributed by atoms with E-state index in [1.54, 1.807) is 0 Å². The Kier molecular flexibility index (Phi) is 13.2. The van der Waals surface area contributed by atoms with E-state index in [1.165, 1.54) is 0 Å². The van der Waals surface area contributed by atoms with Gasteiger partial charge in [0.15, 0.2) is 16.6 Å². The van der Waals surface area contributed by atoms with E-state index in [0.29, 0.717) is 5.92 Å². The number of nitrogens with one attached hydrogen (secondary N) is 1. The Morgan fingerprint density at radius 2 is 1.43 bits per heavy atom. The van der Waals surface area contributed by atoms with Crippen molar-refractivity contribution < 1.29 is 13.6 Å². The molecule has 0 aromatic heterocycles. The molecule has 6 heteroatoms. The first-order valence-electron chi connectivity index (χ1n) is 13.9. The normalized spacial score (nSPS) is 18.8. The van der Waals surface area contributed by atoms with E-state index in [2.05, 4.69) is 107 Å². The highest BCUT2D eigenvalue weighted by Crippen LogP contribution is 2.40. The number of carbonyl (C=O) groups excluding carboxylic acids is 1. The minimum absolute atomic E-state index is 0.0849. The predicted molar refractivity (Wildman–Crippen MR) is 159 cm³/mol. The summed E-state index contributed by atoms with van der Waals surface area (Å²) in [4.78, 5) is 13.4. The lowest BCUT2D eigenvalue weighted by Crippen LogP contribution is -2.51. The summed E-state index contributed by atoms with van der Waals surface area (Å²) in [7, 11) is -3.84. The molecule has 208 valence electrons. The molecule has 0 bridgehead atoms. The van der Waals surface area contributed by atoms with Crippen molar-refractivity contribution in [1.29, 1.82) is 0 Å². The van der Waals surface area contributed by atoms with Crippen LogP contribution in [0, 0.1) is 23.7 Å². The third-order valence-electron chi connectivity index (χ3n) is 8.79. The van der Waals surface area contributed by atoms with Gasteiger partial charge in [0, 0.05) is 12.6 Å². The first-order chi connectivity index (χ1) is 15.6. The van der Waals surface area contributed by atoms with Gasteiger partial charge in [0.1, 0.15) is 0 Å². The lowest BCUT2D eigenvalue weighted by atomic mass is 9.86. The fourth-order valence-electron chi connectivity index (χ4n) is 3.86. The van der Waals surface area contributed by atoms with Gasteiger partial charge in [-0.25, -0.2) is 0 Å². The lowest BCUT2D eigenvalue weighted by molar-refractivity contribution is -0.129. The third-order valence-corrected chi connectivity index (χ3v) is 17.8. The number of hydrogen-bond acceptors (Lipinski definition) is 3. The van der Waals surface area contributed by atoms with Crippen LogP contribution in [0.15, 0.2) is 12.7 Å². The molecular formula is C29H61NO3Si2. The Hall–Kier alpha value is -0.436. The summed E-state index contributed by atoms with van der Waals surface area (Å²) in [6, 6.07) is 0.100. The lowest BCUT2D eigenvalue weighted by Gasteiger charge is -2.43. The van der Waals surface area contributed by atoms with Gasteiger partial charge in [-0.2, -0.15) is 0 Å². The highest BCUT2D eigenvalue weighted by Gasteiger charge is 2.43. The second-order valence-corrected chi connectivity index (χ2v) is 23.7. The van der Waals surface area contributed by atoms with Crippen LogP contribution >= 0.6 is 0 Å². The second kappa shape index (κ2) is 13.4. The fourth-order valence-corrected chi connectivity index (χ4v) is 6.47. The van der Waals surface area contributed by atoms with Crippen molar-refractivity contribution >= 4 is 22.5 Å². The Morgan fingerprint density at radius 3 is 1.83 bits per heavy atom. The molecule has 6 atom stereocenters. The molecule has 0 rings (SSSR count). The molecule has 0 fully saturated rings. The molecule has 0 spiro atoms. The Morgan fingerprint density at radius 1 is 0.943 bits per heavy atom. The molecule has 1 N–H and O–H groups in total. The van der Waals surface area contributed by atoms with Crippen LogP contribution in [-0.2, 0) is 13.6 Å². The summed E-state index contributed by atoms with van der Waals surface area (Å²) in [5, 5.41) is 3.59. The fraction of sp³-hybridized carbons (Fsp3) is 0.897. The van der Waals surface area contributed by atoms with Gasteiger partial charge in [-0.3, -0.25) is 4.79 Å². The van der Waals surface area contributed by atoms with Crippen LogP contribution in [0.2, 0.25) is 36.3 Å². The van der Waals surface area contributed by atoms with Crippen LogP contribution in [0.4, 0.5) is 0 Å². The molecule has 0 aromatic carbocycles. The van der Waals surface area contributed by atoms with E-state index in [9.17, 15) is 4.79 Å². The van der Waals surface area contributed by atoms with Gasteiger partial charge in [0.2, 0.25) is 5.91 Å². The Bertz CT molecular complexity index is 664. The second-order valence-electron chi connectivity index (χ2n) is 14.1. The van der Waals surface area contributed by atoms with E-state index in [4.69, 9.17) is 8.85 Å². The van der Waals surface area contributed by atoms with E-state index in [1.807, 2.05) is 13.0 Å². The van der Waals surface area contributed by atoms with E-state index < -0.39 is 16.6 Å². The minimum Gasteiger partial charge on any atom is -0.417 e. The maximum Gasteiger partial charge on any atom is 0.225 e. The summed E-state index contributed by atoms with van der Waals surface area (Å²) in [6.07, 6.45) is 3.67. The standard InChI is InChI=1S/C29H61NO3Si2/c1-17-22(4)25(18-2)30-27(31)24(6)26(33-35(15,16)29(10,11)12)23(5)19-21(3)20-32-34(13,14)28(7,8)9/h17,21-26H,1,18-20H2,2-16H3,(H,30,31)/t21-,22-,23+,24-,25-,26+/m1/s1. The van der Waals surface area contributed by atoms with Gasteiger partial charge in [-0.1, -0.05) is 82.2 Å². The van der Waals surface area contributed by atoms with Crippen LogP contribution in [0.3, 0.4) is 0 Å². The molecule has 0 unspecified atom stereocenters. The quantitative estimate of drug-likeness (QED) is 0.182. The van der Waals surface area contributed by atoms with Crippen molar-refractivity contribution in [2.45, 2.75) is 137 Å². The third kappa shape index (κ3) is 10.5. The van der Waals surface area contributed by atoms with Gasteiger partial charge >= 0.3 is 0 Å². The van der Waals surface area contributed by atoms with Crippen molar-refractivity contribution in [1.82, 2.24) is 5.32 Å². The Labute approximate surface area is 221 Å². The number of hydrogen-bond donors (Lipinski definition) is 1. The first kappa shape index (κ1) is 34.6. The maximum absolute atomic E-state index is 13.4. The summed E-state index contributed by atoms with van der Waals surface area (Å²) < 4.78 is 13.5. The molecule has 0 heterocycles. The van der Waals surface area contributed by atoms with Crippen LogP contribution < -0.4 is 5.32 Å². The molecule has 0 aliphatic rings.